The second kappa shape index (κ2) is 6.14. The Morgan fingerprint density at radius 1 is 1.05 bits per heavy atom. The summed E-state index contributed by atoms with van der Waals surface area (Å²) in [5.41, 5.74) is 2.21. The molecule has 20 heavy (non-hydrogen) atoms. The molecule has 0 bridgehead atoms. The van der Waals surface area contributed by atoms with Crippen molar-refractivity contribution in [3.05, 3.63) is 70.5 Å². The summed E-state index contributed by atoms with van der Waals surface area (Å²) in [7, 11) is 0. The molecule has 0 aliphatic rings. The predicted molar refractivity (Wildman–Crippen MR) is 76.1 cm³/mol. The van der Waals surface area contributed by atoms with Gasteiger partial charge in [-0.05, 0) is 35.8 Å². The molecule has 0 spiro atoms. The van der Waals surface area contributed by atoms with Crippen molar-refractivity contribution >= 4 is 23.3 Å². The van der Waals surface area contributed by atoms with Gasteiger partial charge in [0, 0.05) is 17.5 Å². The standard InChI is InChI=1S/C16H12ClF3/c1-10-4-2-3-5-11(10)6-12(9-17)13-7-15(19)16(20)8-14(13)18/h2-8H,9H2,1H3. The van der Waals surface area contributed by atoms with Crippen molar-refractivity contribution in [3.8, 4) is 0 Å². The Hall–Kier alpha value is -1.74. The van der Waals surface area contributed by atoms with E-state index in [1.165, 1.54) is 0 Å². The molecule has 0 aromatic heterocycles. The molecule has 0 saturated heterocycles. The van der Waals surface area contributed by atoms with Gasteiger partial charge in [-0.1, -0.05) is 24.3 Å². The molecular weight excluding hydrogens is 285 g/mol. The van der Waals surface area contributed by atoms with E-state index in [4.69, 9.17) is 11.6 Å². The van der Waals surface area contributed by atoms with Gasteiger partial charge in [0.05, 0.1) is 0 Å². The third-order valence-electron chi connectivity index (χ3n) is 3.02. The lowest BCUT2D eigenvalue weighted by atomic mass is 10.0. The number of allylic oxidation sites excluding steroid dienone is 1. The minimum absolute atomic E-state index is 0.00364. The van der Waals surface area contributed by atoms with Crippen LogP contribution in [0.4, 0.5) is 13.2 Å². The molecule has 0 N–H and O–H groups in total. The van der Waals surface area contributed by atoms with Crippen molar-refractivity contribution in [1.29, 1.82) is 0 Å². The molecule has 0 radical (unpaired) electrons. The average molecular weight is 297 g/mol. The summed E-state index contributed by atoms with van der Waals surface area (Å²) in [6.07, 6.45) is 1.68. The van der Waals surface area contributed by atoms with E-state index >= 15 is 0 Å². The van der Waals surface area contributed by atoms with Gasteiger partial charge in [0.25, 0.3) is 0 Å². The van der Waals surface area contributed by atoms with Gasteiger partial charge in [0.15, 0.2) is 11.6 Å². The molecule has 2 rings (SSSR count). The van der Waals surface area contributed by atoms with Crippen LogP contribution in [-0.4, -0.2) is 5.88 Å². The quantitative estimate of drug-likeness (QED) is 0.415. The number of hydrogen-bond acceptors (Lipinski definition) is 0. The molecule has 2 aromatic rings. The normalized spacial score (nSPS) is 11.8. The molecule has 4 heteroatoms. The van der Waals surface area contributed by atoms with E-state index in [2.05, 4.69) is 0 Å². The number of halogens is 4. The van der Waals surface area contributed by atoms with Gasteiger partial charge in [-0.15, -0.1) is 11.6 Å². The number of aryl methyl sites for hydroxylation is 1. The maximum Gasteiger partial charge on any atom is 0.161 e. The summed E-state index contributed by atoms with van der Waals surface area (Å²) < 4.78 is 40.0. The third-order valence-corrected chi connectivity index (χ3v) is 3.31. The Labute approximate surface area is 120 Å². The van der Waals surface area contributed by atoms with Gasteiger partial charge in [-0.3, -0.25) is 0 Å². The van der Waals surface area contributed by atoms with E-state index in [-0.39, 0.29) is 11.4 Å². The molecule has 0 amide bonds. The van der Waals surface area contributed by atoms with Crippen LogP contribution in [0.1, 0.15) is 16.7 Å². The van der Waals surface area contributed by atoms with E-state index in [1.54, 1.807) is 6.08 Å². The summed E-state index contributed by atoms with van der Waals surface area (Å²) in [5.74, 6) is -3.14. The van der Waals surface area contributed by atoms with Crippen molar-refractivity contribution in [2.75, 3.05) is 5.88 Å². The number of rotatable bonds is 3. The molecule has 0 saturated carbocycles. The van der Waals surface area contributed by atoms with Crippen LogP contribution in [0.25, 0.3) is 11.6 Å². The number of alkyl halides is 1. The molecule has 0 fully saturated rings. The highest BCUT2D eigenvalue weighted by Crippen LogP contribution is 2.25. The molecule has 0 nitrogen and oxygen atoms in total. The number of hydrogen-bond donors (Lipinski definition) is 0. The average Bonchev–Trinajstić information content (AvgIpc) is 2.42. The topological polar surface area (TPSA) is 0 Å². The van der Waals surface area contributed by atoms with Crippen LogP contribution in [0.3, 0.4) is 0 Å². The highest BCUT2D eigenvalue weighted by molar-refractivity contribution is 6.24. The number of benzene rings is 2. The van der Waals surface area contributed by atoms with Crippen molar-refractivity contribution in [2.24, 2.45) is 0 Å². The van der Waals surface area contributed by atoms with Gasteiger partial charge in [0.1, 0.15) is 5.82 Å². The third kappa shape index (κ3) is 3.05. The first kappa shape index (κ1) is 14.7. The summed E-state index contributed by atoms with van der Waals surface area (Å²) in [5, 5.41) is 0. The minimum atomic E-state index is -1.21. The van der Waals surface area contributed by atoms with Gasteiger partial charge in [-0.25, -0.2) is 13.2 Å². The van der Waals surface area contributed by atoms with Crippen molar-refractivity contribution < 1.29 is 13.2 Å². The van der Waals surface area contributed by atoms with Gasteiger partial charge in [-0.2, -0.15) is 0 Å². The molecule has 0 aliphatic carbocycles. The van der Waals surface area contributed by atoms with E-state index < -0.39 is 17.5 Å². The zero-order valence-electron chi connectivity index (χ0n) is 10.8. The summed E-state index contributed by atoms with van der Waals surface area (Å²) >= 11 is 5.82. The van der Waals surface area contributed by atoms with Crippen molar-refractivity contribution in [3.63, 3.8) is 0 Å². The Bertz CT molecular complexity index is 663. The summed E-state index contributed by atoms with van der Waals surface area (Å²) in [6.45, 7) is 1.90. The fourth-order valence-electron chi connectivity index (χ4n) is 1.89. The first-order valence-electron chi connectivity index (χ1n) is 6.00. The first-order chi connectivity index (χ1) is 9.52. The van der Waals surface area contributed by atoms with E-state index in [0.717, 1.165) is 17.2 Å². The maximum atomic E-state index is 13.8. The van der Waals surface area contributed by atoms with Crippen LogP contribution < -0.4 is 0 Å². The summed E-state index contributed by atoms with van der Waals surface area (Å²) in [4.78, 5) is 0. The van der Waals surface area contributed by atoms with Crippen molar-refractivity contribution in [1.82, 2.24) is 0 Å². The smallest absolute Gasteiger partial charge is 0.161 e. The molecule has 0 aliphatic heterocycles. The lowest BCUT2D eigenvalue weighted by Crippen LogP contribution is -1.96. The minimum Gasteiger partial charge on any atom is -0.206 e. The molecule has 2 aromatic carbocycles. The van der Waals surface area contributed by atoms with Crippen LogP contribution in [-0.2, 0) is 0 Å². The fraction of sp³-hybridized carbons (Fsp3) is 0.125. The zero-order valence-corrected chi connectivity index (χ0v) is 11.5. The van der Waals surface area contributed by atoms with E-state index in [1.807, 2.05) is 31.2 Å². The second-order valence-electron chi connectivity index (χ2n) is 4.41. The van der Waals surface area contributed by atoms with Gasteiger partial charge >= 0.3 is 0 Å². The molecule has 0 heterocycles. The Balaban J connectivity index is 2.53. The van der Waals surface area contributed by atoms with E-state index in [9.17, 15) is 13.2 Å². The molecule has 0 unspecified atom stereocenters. The van der Waals surface area contributed by atoms with Crippen LogP contribution in [0.2, 0.25) is 0 Å². The van der Waals surface area contributed by atoms with Gasteiger partial charge < -0.3 is 0 Å². The second-order valence-corrected chi connectivity index (χ2v) is 4.67. The molecule has 104 valence electrons. The SMILES string of the molecule is Cc1ccccc1C=C(CCl)c1cc(F)c(F)cc1F. The Kier molecular flexibility index (Phi) is 4.50. The lowest BCUT2D eigenvalue weighted by molar-refractivity contribution is 0.494. The van der Waals surface area contributed by atoms with Gasteiger partial charge in [0.2, 0.25) is 0 Å². The van der Waals surface area contributed by atoms with Crippen LogP contribution in [0, 0.1) is 24.4 Å². The van der Waals surface area contributed by atoms with Crippen LogP contribution in [0.5, 0.6) is 0 Å². The molecule has 0 atom stereocenters. The predicted octanol–water partition coefficient (Wildman–Crippen LogP) is 5.19. The Morgan fingerprint density at radius 3 is 2.35 bits per heavy atom. The molecular formula is C16H12ClF3. The lowest BCUT2D eigenvalue weighted by Gasteiger charge is -2.08. The van der Waals surface area contributed by atoms with E-state index in [0.29, 0.717) is 11.6 Å². The first-order valence-corrected chi connectivity index (χ1v) is 6.53. The Morgan fingerprint density at radius 2 is 1.70 bits per heavy atom. The van der Waals surface area contributed by atoms with Crippen LogP contribution >= 0.6 is 11.6 Å². The van der Waals surface area contributed by atoms with Crippen molar-refractivity contribution in [2.45, 2.75) is 6.92 Å². The largest absolute Gasteiger partial charge is 0.206 e. The highest BCUT2D eigenvalue weighted by Gasteiger charge is 2.13. The maximum absolute atomic E-state index is 13.8. The van der Waals surface area contributed by atoms with Crippen LogP contribution in [0.15, 0.2) is 36.4 Å². The monoisotopic (exact) mass is 296 g/mol. The zero-order chi connectivity index (χ0) is 14.7. The summed E-state index contributed by atoms with van der Waals surface area (Å²) in [6, 6.07) is 8.83. The fourth-order valence-corrected chi connectivity index (χ4v) is 2.11. The highest BCUT2D eigenvalue weighted by atomic mass is 35.5.